The predicted molar refractivity (Wildman–Crippen MR) is 60.9 cm³/mol. The number of carboxylic acid groups (broad SMARTS) is 1. The molecule has 0 saturated carbocycles. The summed E-state index contributed by atoms with van der Waals surface area (Å²) >= 11 is 0. The molecule has 0 bridgehead atoms. The largest absolute Gasteiger partial charge is 0.480 e. The third kappa shape index (κ3) is 10.6. The Morgan fingerprint density at radius 1 is 1.06 bits per heavy atom. The van der Waals surface area contributed by atoms with Gasteiger partial charge in [0.2, 0.25) is 11.8 Å². The molecule has 7 heteroatoms. The molecule has 0 aliphatic carbocycles. The lowest BCUT2D eigenvalue weighted by atomic mass is 10.2. The minimum Gasteiger partial charge on any atom is -0.480 e. The van der Waals surface area contributed by atoms with Crippen LogP contribution in [0, 0.1) is 0 Å². The van der Waals surface area contributed by atoms with Crippen molar-refractivity contribution in [2.24, 2.45) is 0 Å². The van der Waals surface area contributed by atoms with E-state index in [9.17, 15) is 14.4 Å². The number of hydrogen-bond donors (Lipinski definition) is 4. The third-order valence-corrected chi connectivity index (χ3v) is 1.92. The number of carboxylic acids is 1. The van der Waals surface area contributed by atoms with Gasteiger partial charge in [-0.3, -0.25) is 19.8 Å². The molecule has 0 aromatic heterocycles. The van der Waals surface area contributed by atoms with Gasteiger partial charge in [0.05, 0.1) is 6.54 Å². The summed E-state index contributed by atoms with van der Waals surface area (Å²) in [6.45, 7) is 1.47. The van der Waals surface area contributed by atoms with Crippen LogP contribution in [-0.4, -0.2) is 36.0 Å². The third-order valence-electron chi connectivity index (χ3n) is 1.92. The van der Waals surface area contributed by atoms with E-state index in [1.165, 1.54) is 0 Å². The van der Waals surface area contributed by atoms with Crippen LogP contribution in [0.25, 0.3) is 0 Å². The van der Waals surface area contributed by atoms with E-state index in [0.717, 1.165) is 19.3 Å². The van der Waals surface area contributed by atoms with Crippen LogP contribution in [0.3, 0.4) is 0 Å². The minimum absolute atomic E-state index is 0.146. The molecule has 2 amide bonds. The Bertz CT molecular complexity index is 268. The van der Waals surface area contributed by atoms with Gasteiger partial charge in [-0.15, -0.1) is 0 Å². The Hall–Kier alpha value is -1.63. The molecule has 0 saturated heterocycles. The molecule has 7 nitrogen and oxygen atoms in total. The maximum atomic E-state index is 11.2. The molecule has 98 valence electrons. The highest BCUT2D eigenvalue weighted by molar-refractivity contribution is 5.83. The van der Waals surface area contributed by atoms with Gasteiger partial charge in [-0.2, -0.15) is 0 Å². The first-order valence-electron chi connectivity index (χ1n) is 5.56. The van der Waals surface area contributed by atoms with Gasteiger partial charge in [0, 0.05) is 6.42 Å². The molecule has 0 spiro atoms. The lowest BCUT2D eigenvalue weighted by Gasteiger charge is -2.06. The number of aliphatic carboxylic acids is 1. The fraction of sp³-hybridized carbons (Fsp3) is 0.700. The first kappa shape index (κ1) is 15.4. The van der Waals surface area contributed by atoms with Gasteiger partial charge in [-0.25, -0.2) is 5.43 Å². The van der Waals surface area contributed by atoms with Gasteiger partial charge in [0.15, 0.2) is 0 Å². The molecule has 0 aliphatic rings. The van der Waals surface area contributed by atoms with E-state index in [1.807, 2.05) is 6.92 Å². The summed E-state index contributed by atoms with van der Waals surface area (Å²) in [6.07, 6.45) is 3.26. The van der Waals surface area contributed by atoms with E-state index in [0.29, 0.717) is 6.42 Å². The molecule has 0 rings (SSSR count). The highest BCUT2D eigenvalue weighted by Crippen LogP contribution is 1.97. The normalized spacial score (nSPS) is 9.71. The van der Waals surface area contributed by atoms with Crippen molar-refractivity contribution in [2.45, 2.75) is 32.6 Å². The second-order valence-electron chi connectivity index (χ2n) is 3.53. The summed E-state index contributed by atoms with van der Waals surface area (Å²) in [5.41, 5.74) is 4.79. The molecule has 0 unspecified atom stereocenters. The zero-order chi connectivity index (χ0) is 13.1. The van der Waals surface area contributed by atoms with Crippen LogP contribution < -0.4 is 16.2 Å². The van der Waals surface area contributed by atoms with Gasteiger partial charge in [0.1, 0.15) is 6.54 Å². The van der Waals surface area contributed by atoms with Crippen molar-refractivity contribution in [3.63, 3.8) is 0 Å². The number of amides is 2. The SMILES string of the molecule is CCCCCC(=O)NNCC(=O)NCC(=O)O. The summed E-state index contributed by atoms with van der Waals surface area (Å²) < 4.78 is 0. The van der Waals surface area contributed by atoms with Crippen molar-refractivity contribution in [3.8, 4) is 0 Å². The van der Waals surface area contributed by atoms with Gasteiger partial charge in [-0.1, -0.05) is 19.8 Å². The average Bonchev–Trinajstić information content (AvgIpc) is 2.27. The molecule has 17 heavy (non-hydrogen) atoms. The number of rotatable bonds is 9. The van der Waals surface area contributed by atoms with Gasteiger partial charge in [0.25, 0.3) is 0 Å². The standard InChI is InChI=1S/C10H19N3O4/c1-2-3-4-5-8(14)13-12-6-9(15)11-7-10(16)17/h12H,2-7H2,1H3,(H,11,15)(H,13,14)(H,16,17). The molecular weight excluding hydrogens is 226 g/mol. The van der Waals surface area contributed by atoms with Crippen molar-refractivity contribution in [1.29, 1.82) is 0 Å². The highest BCUT2D eigenvalue weighted by Gasteiger charge is 2.04. The first-order valence-corrected chi connectivity index (χ1v) is 5.56. The van der Waals surface area contributed by atoms with Crippen molar-refractivity contribution in [3.05, 3.63) is 0 Å². The fourth-order valence-electron chi connectivity index (χ4n) is 1.06. The monoisotopic (exact) mass is 245 g/mol. The zero-order valence-corrected chi connectivity index (χ0v) is 9.91. The molecule has 0 aliphatic heterocycles. The Kier molecular flexibility index (Phi) is 8.67. The molecule has 0 aromatic carbocycles. The molecule has 0 aromatic rings. The molecule has 0 heterocycles. The van der Waals surface area contributed by atoms with E-state index < -0.39 is 18.4 Å². The summed E-state index contributed by atoms with van der Waals surface area (Å²) in [6, 6.07) is 0. The maximum Gasteiger partial charge on any atom is 0.322 e. The number of nitrogens with one attached hydrogen (secondary N) is 3. The number of carbonyl (C=O) groups is 3. The smallest absolute Gasteiger partial charge is 0.322 e. The quantitative estimate of drug-likeness (QED) is 0.320. The van der Waals surface area contributed by atoms with Gasteiger partial charge < -0.3 is 10.4 Å². The average molecular weight is 245 g/mol. The van der Waals surface area contributed by atoms with E-state index >= 15 is 0 Å². The highest BCUT2D eigenvalue weighted by atomic mass is 16.4. The van der Waals surface area contributed by atoms with E-state index in [4.69, 9.17) is 5.11 Å². The summed E-state index contributed by atoms with van der Waals surface area (Å²) in [4.78, 5) is 32.3. The Morgan fingerprint density at radius 3 is 2.35 bits per heavy atom. The van der Waals surface area contributed by atoms with Crippen LogP contribution in [0.5, 0.6) is 0 Å². The van der Waals surface area contributed by atoms with Crippen LogP contribution >= 0.6 is 0 Å². The van der Waals surface area contributed by atoms with Crippen molar-refractivity contribution < 1.29 is 19.5 Å². The first-order chi connectivity index (χ1) is 8.06. The van der Waals surface area contributed by atoms with Crippen molar-refractivity contribution >= 4 is 17.8 Å². The Balaban J connectivity index is 3.45. The molecule has 4 N–H and O–H groups in total. The number of carbonyl (C=O) groups excluding carboxylic acids is 2. The lowest BCUT2D eigenvalue weighted by Crippen LogP contribution is -2.44. The summed E-state index contributed by atoms with van der Waals surface area (Å²) in [5, 5.41) is 10.4. The topological polar surface area (TPSA) is 108 Å². The second kappa shape index (κ2) is 9.59. The maximum absolute atomic E-state index is 11.2. The molecule has 0 atom stereocenters. The minimum atomic E-state index is -1.11. The Labute approximate surface area is 99.9 Å². The van der Waals surface area contributed by atoms with Gasteiger partial charge >= 0.3 is 5.97 Å². The van der Waals surface area contributed by atoms with Crippen LogP contribution in [0.1, 0.15) is 32.6 Å². The van der Waals surface area contributed by atoms with E-state index in [-0.39, 0.29) is 12.5 Å². The van der Waals surface area contributed by atoms with E-state index in [2.05, 4.69) is 16.2 Å². The fourth-order valence-corrected chi connectivity index (χ4v) is 1.06. The number of unbranched alkanes of at least 4 members (excludes halogenated alkanes) is 2. The second-order valence-corrected chi connectivity index (χ2v) is 3.53. The summed E-state index contributed by atoms with van der Waals surface area (Å²) in [5.74, 6) is -1.77. The van der Waals surface area contributed by atoms with Crippen LogP contribution in [0.4, 0.5) is 0 Å². The number of hydrazine groups is 1. The molecular formula is C10H19N3O4. The number of hydrogen-bond acceptors (Lipinski definition) is 4. The lowest BCUT2D eigenvalue weighted by molar-refractivity contribution is -0.138. The van der Waals surface area contributed by atoms with Crippen molar-refractivity contribution in [1.82, 2.24) is 16.2 Å². The summed E-state index contributed by atoms with van der Waals surface area (Å²) in [7, 11) is 0. The van der Waals surface area contributed by atoms with Crippen LogP contribution in [-0.2, 0) is 14.4 Å². The molecule has 0 fully saturated rings. The van der Waals surface area contributed by atoms with Crippen LogP contribution in [0.2, 0.25) is 0 Å². The Morgan fingerprint density at radius 2 is 1.76 bits per heavy atom. The molecule has 0 radical (unpaired) electrons. The van der Waals surface area contributed by atoms with Crippen LogP contribution in [0.15, 0.2) is 0 Å². The predicted octanol–water partition coefficient (Wildman–Crippen LogP) is -0.612. The van der Waals surface area contributed by atoms with Gasteiger partial charge in [-0.05, 0) is 6.42 Å². The zero-order valence-electron chi connectivity index (χ0n) is 9.91. The van der Waals surface area contributed by atoms with E-state index in [1.54, 1.807) is 0 Å². The van der Waals surface area contributed by atoms with Crippen molar-refractivity contribution in [2.75, 3.05) is 13.1 Å².